The van der Waals surface area contributed by atoms with E-state index in [0.29, 0.717) is 0 Å². The van der Waals surface area contributed by atoms with Crippen molar-refractivity contribution in [3.05, 3.63) is 0 Å². The lowest BCUT2D eigenvalue weighted by Gasteiger charge is -2.17. The Bertz CT molecular complexity index is 173. The number of nitrogens with one attached hydrogen (secondary N) is 2. The number of hydrogen-bond acceptors (Lipinski definition) is 3. The predicted octanol–water partition coefficient (Wildman–Crippen LogP) is -0.103. The smallest absolute Gasteiger partial charge is 0.231 e. The Balaban J connectivity index is 3.99. The Morgan fingerprint density at radius 3 is 2.18 bits per heavy atom. The van der Waals surface area contributed by atoms with E-state index in [0.717, 1.165) is 0 Å². The van der Waals surface area contributed by atoms with Crippen molar-refractivity contribution < 1.29 is 4.79 Å². The number of amides is 1. The number of thiocarbonyl (C=S) groups is 1. The van der Waals surface area contributed by atoms with Gasteiger partial charge in [0.15, 0.2) is 5.11 Å². The fourth-order valence-electron chi connectivity index (χ4n) is 0.327. The molecule has 0 spiro atoms. The summed E-state index contributed by atoms with van der Waals surface area (Å²) in [5.41, 5.74) is 1.72. The third-order valence-corrected chi connectivity index (χ3v) is 1.26. The Hall–Kier alpha value is -0.680. The minimum atomic E-state index is -0.444. The van der Waals surface area contributed by atoms with Gasteiger partial charge in [-0.05, 0) is 12.2 Å². The third-order valence-electron chi connectivity index (χ3n) is 1.04. The second kappa shape index (κ2) is 3.64. The zero-order valence-corrected chi connectivity index (χ0v) is 7.71. The maximum Gasteiger partial charge on any atom is 0.231 e. The number of carbonyl (C=O) groups is 1. The molecule has 4 N–H and O–H groups in total. The maximum absolute atomic E-state index is 11.1. The summed E-state index contributed by atoms with van der Waals surface area (Å²) < 4.78 is 0. The molecule has 0 fully saturated rings. The van der Waals surface area contributed by atoms with Crippen LogP contribution >= 0.6 is 12.2 Å². The van der Waals surface area contributed by atoms with Crippen LogP contribution < -0.4 is 16.6 Å². The summed E-state index contributed by atoms with van der Waals surface area (Å²) in [6, 6.07) is 0. The Labute approximate surface area is 71.5 Å². The minimum absolute atomic E-state index is 0.143. The fourth-order valence-corrected chi connectivity index (χ4v) is 0.419. The van der Waals surface area contributed by atoms with E-state index in [4.69, 9.17) is 5.84 Å². The molecule has 0 rings (SSSR count). The van der Waals surface area contributed by atoms with Crippen molar-refractivity contribution in [3.8, 4) is 0 Å². The molecule has 0 saturated heterocycles. The van der Waals surface area contributed by atoms with Gasteiger partial charge in [-0.2, -0.15) is 0 Å². The highest BCUT2D eigenvalue weighted by molar-refractivity contribution is 7.80. The van der Waals surface area contributed by atoms with Crippen LogP contribution in [0.5, 0.6) is 0 Å². The van der Waals surface area contributed by atoms with Gasteiger partial charge in [-0.3, -0.25) is 4.79 Å². The number of hydrogen-bond donors (Lipinski definition) is 3. The van der Waals surface area contributed by atoms with E-state index in [1.54, 1.807) is 20.8 Å². The highest BCUT2D eigenvalue weighted by Crippen LogP contribution is 2.11. The Morgan fingerprint density at radius 2 is 1.91 bits per heavy atom. The first kappa shape index (κ1) is 10.3. The van der Waals surface area contributed by atoms with Gasteiger partial charge in [0.25, 0.3) is 0 Å². The topological polar surface area (TPSA) is 67.2 Å². The quantitative estimate of drug-likeness (QED) is 0.273. The molecular weight excluding hydrogens is 162 g/mol. The van der Waals surface area contributed by atoms with Crippen LogP contribution in [0.4, 0.5) is 0 Å². The van der Waals surface area contributed by atoms with Gasteiger partial charge in [0.1, 0.15) is 0 Å². The average Bonchev–Trinajstić information content (AvgIpc) is 1.85. The lowest BCUT2D eigenvalue weighted by atomic mass is 9.96. The number of rotatable bonds is 0. The lowest BCUT2D eigenvalue weighted by Crippen LogP contribution is -2.46. The van der Waals surface area contributed by atoms with Crippen LogP contribution in [-0.4, -0.2) is 11.0 Å². The van der Waals surface area contributed by atoms with Gasteiger partial charge in [-0.15, -0.1) is 0 Å². The van der Waals surface area contributed by atoms with Gasteiger partial charge in [-0.25, -0.2) is 5.84 Å². The number of carbonyl (C=O) groups excluding carboxylic acids is 1. The van der Waals surface area contributed by atoms with Crippen molar-refractivity contribution in [2.75, 3.05) is 0 Å². The normalized spacial score (nSPS) is 10.5. The first-order valence-corrected chi connectivity index (χ1v) is 3.61. The van der Waals surface area contributed by atoms with Crippen LogP contribution in [0.1, 0.15) is 20.8 Å². The molecule has 0 unspecified atom stereocenters. The van der Waals surface area contributed by atoms with Gasteiger partial charge >= 0.3 is 0 Å². The summed E-state index contributed by atoms with van der Waals surface area (Å²) in [4.78, 5) is 11.1. The summed E-state index contributed by atoms with van der Waals surface area (Å²) >= 11 is 4.63. The first-order valence-electron chi connectivity index (χ1n) is 3.20. The van der Waals surface area contributed by atoms with Crippen molar-refractivity contribution in [2.24, 2.45) is 11.3 Å². The summed E-state index contributed by atoms with van der Waals surface area (Å²) in [6.07, 6.45) is 0. The van der Waals surface area contributed by atoms with E-state index in [2.05, 4.69) is 23.0 Å². The van der Waals surface area contributed by atoms with Crippen molar-refractivity contribution in [3.63, 3.8) is 0 Å². The van der Waals surface area contributed by atoms with Gasteiger partial charge in [0, 0.05) is 5.41 Å². The molecule has 0 atom stereocenters. The molecule has 0 heterocycles. The minimum Gasteiger partial charge on any atom is -0.302 e. The SMILES string of the molecule is CC(C)(C)C(=O)NC(=S)NN. The highest BCUT2D eigenvalue weighted by atomic mass is 32.1. The molecule has 64 valence electrons. The lowest BCUT2D eigenvalue weighted by molar-refractivity contribution is -0.126. The monoisotopic (exact) mass is 175 g/mol. The molecule has 0 aliphatic rings. The van der Waals surface area contributed by atoms with Crippen molar-refractivity contribution in [1.29, 1.82) is 0 Å². The van der Waals surface area contributed by atoms with Crippen molar-refractivity contribution in [2.45, 2.75) is 20.8 Å². The van der Waals surface area contributed by atoms with Crippen molar-refractivity contribution in [1.82, 2.24) is 10.7 Å². The standard InChI is InChI=1S/C6H13N3OS/c1-6(2,3)4(10)8-5(11)9-7/h7H2,1-3H3,(H2,8,9,10,11). The zero-order valence-electron chi connectivity index (χ0n) is 6.89. The second-order valence-corrected chi connectivity index (χ2v) is 3.59. The van der Waals surface area contributed by atoms with E-state index in [1.807, 2.05) is 0 Å². The molecule has 4 nitrogen and oxygen atoms in total. The van der Waals surface area contributed by atoms with E-state index in [-0.39, 0.29) is 11.0 Å². The van der Waals surface area contributed by atoms with E-state index in [1.165, 1.54) is 0 Å². The van der Waals surface area contributed by atoms with Gasteiger partial charge in [0.05, 0.1) is 0 Å². The van der Waals surface area contributed by atoms with Gasteiger partial charge < -0.3 is 10.7 Å². The fraction of sp³-hybridized carbons (Fsp3) is 0.667. The van der Waals surface area contributed by atoms with Crippen LogP contribution in [0.25, 0.3) is 0 Å². The van der Waals surface area contributed by atoms with Crippen LogP contribution in [0, 0.1) is 5.41 Å². The van der Waals surface area contributed by atoms with E-state index >= 15 is 0 Å². The van der Waals surface area contributed by atoms with Gasteiger partial charge in [0.2, 0.25) is 5.91 Å². The summed E-state index contributed by atoms with van der Waals surface area (Å²) in [6.45, 7) is 5.38. The van der Waals surface area contributed by atoms with Crippen molar-refractivity contribution >= 4 is 23.2 Å². The largest absolute Gasteiger partial charge is 0.302 e. The summed E-state index contributed by atoms with van der Waals surface area (Å²) in [7, 11) is 0. The first-order chi connectivity index (χ1) is 4.88. The Kier molecular flexibility index (Phi) is 3.41. The molecule has 1 amide bonds. The molecule has 0 aliphatic heterocycles. The van der Waals surface area contributed by atoms with Crippen LogP contribution in [0.15, 0.2) is 0 Å². The number of nitrogens with two attached hydrogens (primary N) is 1. The molecule has 0 radical (unpaired) electrons. The van der Waals surface area contributed by atoms with Crippen LogP contribution in [0.2, 0.25) is 0 Å². The molecule has 0 aliphatic carbocycles. The predicted molar refractivity (Wildman–Crippen MR) is 47.5 cm³/mol. The maximum atomic E-state index is 11.1. The Morgan fingerprint density at radius 1 is 1.45 bits per heavy atom. The molecule has 11 heavy (non-hydrogen) atoms. The second-order valence-electron chi connectivity index (χ2n) is 3.18. The molecule has 0 aromatic carbocycles. The highest BCUT2D eigenvalue weighted by Gasteiger charge is 2.21. The molecule has 0 saturated carbocycles. The van der Waals surface area contributed by atoms with E-state index in [9.17, 15) is 4.79 Å². The van der Waals surface area contributed by atoms with Gasteiger partial charge in [-0.1, -0.05) is 20.8 Å². The van der Waals surface area contributed by atoms with E-state index < -0.39 is 5.41 Å². The molecule has 5 heteroatoms. The molecular formula is C6H13N3OS. The summed E-state index contributed by atoms with van der Waals surface area (Å²) in [5, 5.41) is 2.57. The molecule has 0 aromatic heterocycles. The molecule has 0 aromatic rings. The average molecular weight is 175 g/mol. The van der Waals surface area contributed by atoms with Crippen LogP contribution in [-0.2, 0) is 4.79 Å². The summed E-state index contributed by atoms with van der Waals surface area (Å²) in [5.74, 6) is 4.81. The third kappa shape index (κ3) is 3.90. The van der Waals surface area contributed by atoms with Crippen LogP contribution in [0.3, 0.4) is 0 Å². The zero-order chi connectivity index (χ0) is 9.07. The number of hydrazine groups is 1. The molecule has 0 bridgehead atoms.